The zero-order valence-electron chi connectivity index (χ0n) is 15.9. The maximum absolute atomic E-state index is 14.3. The number of hydrogen-bond donors (Lipinski definition) is 2. The molecule has 0 spiro atoms. The Labute approximate surface area is 175 Å². The van der Waals surface area contributed by atoms with Crippen LogP contribution in [0.4, 0.5) is 18.9 Å². The van der Waals surface area contributed by atoms with E-state index in [0.717, 1.165) is 30.3 Å². The SMILES string of the molecule is O=C(Nc1cnccc1C1CC(O)C=CO1)c1ccc(F)c(-c2c(F)cccc2F)n1. The molecule has 6 nitrogen and oxygen atoms in total. The van der Waals surface area contributed by atoms with Gasteiger partial charge in [-0.2, -0.15) is 0 Å². The van der Waals surface area contributed by atoms with E-state index in [9.17, 15) is 23.1 Å². The second-order valence-corrected chi connectivity index (χ2v) is 6.80. The Morgan fingerprint density at radius 3 is 2.61 bits per heavy atom. The third-order valence-corrected chi connectivity index (χ3v) is 4.73. The largest absolute Gasteiger partial charge is 0.493 e. The lowest BCUT2D eigenvalue weighted by molar-refractivity contribution is 0.0645. The van der Waals surface area contributed by atoms with Gasteiger partial charge in [-0.05, 0) is 36.4 Å². The van der Waals surface area contributed by atoms with Crippen molar-refractivity contribution in [3.05, 3.63) is 89.8 Å². The highest BCUT2D eigenvalue weighted by Crippen LogP contribution is 2.32. The van der Waals surface area contributed by atoms with Crippen molar-refractivity contribution in [1.29, 1.82) is 0 Å². The molecule has 1 aromatic carbocycles. The molecule has 1 aliphatic heterocycles. The van der Waals surface area contributed by atoms with Crippen molar-refractivity contribution in [3.8, 4) is 11.3 Å². The molecular weight excluding hydrogens is 411 g/mol. The molecule has 2 atom stereocenters. The lowest BCUT2D eigenvalue weighted by Crippen LogP contribution is -2.20. The summed E-state index contributed by atoms with van der Waals surface area (Å²) in [7, 11) is 0. The number of nitrogens with one attached hydrogen (secondary N) is 1. The summed E-state index contributed by atoms with van der Waals surface area (Å²) in [6, 6.07) is 6.74. The molecule has 0 radical (unpaired) electrons. The van der Waals surface area contributed by atoms with Crippen molar-refractivity contribution >= 4 is 11.6 Å². The van der Waals surface area contributed by atoms with E-state index >= 15 is 0 Å². The quantitative estimate of drug-likeness (QED) is 0.654. The minimum absolute atomic E-state index is 0.252. The molecule has 0 saturated carbocycles. The number of aliphatic hydroxyl groups is 1. The molecule has 158 valence electrons. The molecule has 9 heteroatoms. The summed E-state index contributed by atoms with van der Waals surface area (Å²) in [5, 5.41) is 12.4. The van der Waals surface area contributed by atoms with Gasteiger partial charge in [0.05, 0.1) is 29.8 Å². The lowest BCUT2D eigenvalue weighted by Gasteiger charge is -2.24. The number of pyridine rings is 2. The molecule has 3 aromatic rings. The molecule has 0 aliphatic carbocycles. The van der Waals surface area contributed by atoms with Gasteiger partial charge in [0.1, 0.15) is 34.9 Å². The number of aliphatic hydroxyl groups excluding tert-OH is 1. The fourth-order valence-electron chi connectivity index (χ4n) is 3.23. The highest BCUT2D eigenvalue weighted by molar-refractivity contribution is 6.03. The summed E-state index contributed by atoms with van der Waals surface area (Å²) >= 11 is 0. The monoisotopic (exact) mass is 427 g/mol. The van der Waals surface area contributed by atoms with E-state index in [4.69, 9.17) is 4.74 Å². The Bertz CT molecular complexity index is 1150. The molecule has 2 unspecified atom stereocenters. The van der Waals surface area contributed by atoms with Crippen LogP contribution in [0.1, 0.15) is 28.6 Å². The van der Waals surface area contributed by atoms with Gasteiger partial charge in [0.2, 0.25) is 0 Å². The number of anilines is 1. The van der Waals surface area contributed by atoms with Gasteiger partial charge in [0.25, 0.3) is 5.91 Å². The first-order chi connectivity index (χ1) is 14.9. The summed E-state index contributed by atoms with van der Waals surface area (Å²) in [4.78, 5) is 20.6. The molecule has 2 aromatic heterocycles. The molecule has 3 heterocycles. The van der Waals surface area contributed by atoms with Crippen LogP contribution in [0.5, 0.6) is 0 Å². The topological polar surface area (TPSA) is 84.3 Å². The molecule has 1 aliphatic rings. The van der Waals surface area contributed by atoms with Crippen molar-refractivity contribution < 1.29 is 27.8 Å². The molecule has 4 rings (SSSR count). The highest BCUT2D eigenvalue weighted by atomic mass is 19.1. The minimum Gasteiger partial charge on any atom is -0.493 e. The van der Waals surface area contributed by atoms with E-state index in [1.54, 1.807) is 6.07 Å². The summed E-state index contributed by atoms with van der Waals surface area (Å²) in [5.41, 5.74) is -0.663. The van der Waals surface area contributed by atoms with Crippen LogP contribution in [0.2, 0.25) is 0 Å². The van der Waals surface area contributed by atoms with Crippen LogP contribution in [-0.4, -0.2) is 27.1 Å². The summed E-state index contributed by atoms with van der Waals surface area (Å²) in [6.07, 6.45) is 4.82. The van der Waals surface area contributed by atoms with E-state index in [1.807, 2.05) is 0 Å². The van der Waals surface area contributed by atoms with Gasteiger partial charge >= 0.3 is 0 Å². The molecule has 0 fully saturated rings. The number of ether oxygens (including phenoxy) is 1. The van der Waals surface area contributed by atoms with Crippen LogP contribution in [0.15, 0.2) is 61.1 Å². The lowest BCUT2D eigenvalue weighted by atomic mass is 10.0. The summed E-state index contributed by atoms with van der Waals surface area (Å²) in [5.74, 6) is -3.71. The number of carbonyl (C=O) groups is 1. The van der Waals surface area contributed by atoms with E-state index < -0.39 is 46.8 Å². The van der Waals surface area contributed by atoms with Crippen LogP contribution in [0, 0.1) is 17.5 Å². The average Bonchev–Trinajstić information content (AvgIpc) is 2.75. The molecule has 0 bridgehead atoms. The predicted molar refractivity (Wildman–Crippen MR) is 105 cm³/mol. The van der Waals surface area contributed by atoms with Crippen LogP contribution >= 0.6 is 0 Å². The summed E-state index contributed by atoms with van der Waals surface area (Å²) < 4.78 is 48.0. The third-order valence-electron chi connectivity index (χ3n) is 4.73. The number of nitrogens with zero attached hydrogens (tertiary/aromatic N) is 2. The second kappa shape index (κ2) is 8.57. The number of halogens is 3. The van der Waals surface area contributed by atoms with Gasteiger partial charge in [-0.1, -0.05) is 6.07 Å². The zero-order valence-corrected chi connectivity index (χ0v) is 15.9. The molecule has 2 N–H and O–H groups in total. The second-order valence-electron chi connectivity index (χ2n) is 6.80. The maximum Gasteiger partial charge on any atom is 0.274 e. The molecular formula is C22H16F3N3O3. The van der Waals surface area contributed by atoms with Gasteiger partial charge in [-0.25, -0.2) is 18.2 Å². The van der Waals surface area contributed by atoms with E-state index in [-0.39, 0.29) is 12.1 Å². The average molecular weight is 427 g/mol. The Kier molecular flexibility index (Phi) is 5.68. The number of rotatable bonds is 4. The predicted octanol–water partition coefficient (Wildman–Crippen LogP) is 4.15. The Balaban J connectivity index is 1.65. The van der Waals surface area contributed by atoms with E-state index in [2.05, 4.69) is 15.3 Å². The molecule has 1 amide bonds. The van der Waals surface area contributed by atoms with Crippen molar-refractivity contribution in [2.24, 2.45) is 0 Å². The normalized spacial score (nSPS) is 17.8. The smallest absolute Gasteiger partial charge is 0.274 e. The fourth-order valence-corrected chi connectivity index (χ4v) is 3.23. The molecule has 31 heavy (non-hydrogen) atoms. The number of aromatic nitrogens is 2. The minimum atomic E-state index is -1.00. The van der Waals surface area contributed by atoms with Crippen molar-refractivity contribution in [1.82, 2.24) is 9.97 Å². The Hall–Kier alpha value is -3.72. The first-order valence-electron chi connectivity index (χ1n) is 9.30. The van der Waals surface area contributed by atoms with Crippen LogP contribution in [0.3, 0.4) is 0 Å². The zero-order chi connectivity index (χ0) is 22.0. The van der Waals surface area contributed by atoms with Crippen LogP contribution in [-0.2, 0) is 4.74 Å². The first kappa shape index (κ1) is 20.5. The first-order valence-corrected chi connectivity index (χ1v) is 9.30. The van der Waals surface area contributed by atoms with Gasteiger partial charge in [-0.15, -0.1) is 0 Å². The maximum atomic E-state index is 14.3. The standard InChI is InChI=1S/C22H16F3N3O3/c23-14-2-1-3-15(24)20(14)21-16(25)4-5-17(27-21)22(30)28-18-11-26-8-6-13(18)19-10-12(29)7-9-31-19/h1-9,11-12,19,29H,10H2,(H,28,30). The number of benzene rings is 1. The van der Waals surface area contributed by atoms with E-state index in [0.29, 0.717) is 11.3 Å². The number of amides is 1. The fraction of sp³-hybridized carbons (Fsp3) is 0.136. The van der Waals surface area contributed by atoms with Gasteiger partial charge in [0.15, 0.2) is 0 Å². The van der Waals surface area contributed by atoms with Crippen molar-refractivity contribution in [2.75, 3.05) is 5.32 Å². The van der Waals surface area contributed by atoms with Crippen LogP contribution in [0.25, 0.3) is 11.3 Å². The highest BCUT2D eigenvalue weighted by Gasteiger charge is 2.24. The third kappa shape index (κ3) is 4.26. The van der Waals surface area contributed by atoms with E-state index in [1.165, 1.54) is 24.7 Å². The van der Waals surface area contributed by atoms with Crippen molar-refractivity contribution in [2.45, 2.75) is 18.6 Å². The van der Waals surface area contributed by atoms with Gasteiger partial charge in [0, 0.05) is 18.2 Å². The van der Waals surface area contributed by atoms with Crippen LogP contribution < -0.4 is 5.32 Å². The molecule has 0 saturated heterocycles. The summed E-state index contributed by atoms with van der Waals surface area (Å²) in [6.45, 7) is 0. The Morgan fingerprint density at radius 1 is 1.10 bits per heavy atom. The number of hydrogen-bond acceptors (Lipinski definition) is 5. The van der Waals surface area contributed by atoms with Crippen molar-refractivity contribution in [3.63, 3.8) is 0 Å². The van der Waals surface area contributed by atoms with Gasteiger partial charge in [-0.3, -0.25) is 9.78 Å². The van der Waals surface area contributed by atoms with Gasteiger partial charge < -0.3 is 15.2 Å². The Morgan fingerprint density at radius 2 is 1.87 bits per heavy atom. The number of carbonyl (C=O) groups excluding carboxylic acids is 1.